The van der Waals surface area contributed by atoms with Crippen LogP contribution in [0.25, 0.3) is 0 Å². The Balaban J connectivity index is 2.00. The lowest BCUT2D eigenvalue weighted by molar-refractivity contribution is -0.127. The van der Waals surface area contributed by atoms with Crippen molar-refractivity contribution in [3.63, 3.8) is 0 Å². The van der Waals surface area contributed by atoms with Crippen molar-refractivity contribution in [2.75, 3.05) is 0 Å². The van der Waals surface area contributed by atoms with Crippen LogP contribution in [0.1, 0.15) is 62.9 Å². The van der Waals surface area contributed by atoms with Crippen molar-refractivity contribution in [2.24, 2.45) is 0 Å². The normalized spacial score (nSPS) is 13.8. The van der Waals surface area contributed by atoms with Crippen molar-refractivity contribution in [2.45, 2.75) is 66.0 Å². The van der Waals surface area contributed by atoms with Gasteiger partial charge in [0, 0.05) is 0 Å². The monoisotopic (exact) mass is 353 g/mol. The van der Waals surface area contributed by atoms with Crippen LogP contribution in [0.2, 0.25) is 0 Å². The van der Waals surface area contributed by atoms with Gasteiger partial charge in [0.2, 0.25) is 0 Å². The number of hydrogen-bond acceptors (Lipinski definition) is 2. The Kier molecular flexibility index (Phi) is 6.12. The molecule has 0 unspecified atom stereocenters. The van der Waals surface area contributed by atoms with Crippen LogP contribution in [0.5, 0.6) is 5.75 Å². The van der Waals surface area contributed by atoms with Crippen LogP contribution in [0.4, 0.5) is 0 Å². The number of amides is 1. The lowest BCUT2D eigenvalue weighted by atomic mass is 9.87. The summed E-state index contributed by atoms with van der Waals surface area (Å²) in [6, 6.07) is 14.2. The molecular weight excluding hydrogens is 322 g/mol. The molecule has 26 heavy (non-hydrogen) atoms. The summed E-state index contributed by atoms with van der Waals surface area (Å²) in [7, 11) is 0. The van der Waals surface area contributed by atoms with E-state index in [9.17, 15) is 4.79 Å². The van der Waals surface area contributed by atoms with E-state index in [2.05, 4.69) is 70.3 Å². The lowest BCUT2D eigenvalue weighted by Crippen LogP contribution is -2.38. The Hall–Kier alpha value is -2.29. The van der Waals surface area contributed by atoms with E-state index < -0.39 is 6.10 Å². The number of aryl methyl sites for hydroxylation is 2. The highest BCUT2D eigenvalue weighted by molar-refractivity contribution is 5.81. The highest BCUT2D eigenvalue weighted by atomic mass is 16.5. The summed E-state index contributed by atoms with van der Waals surface area (Å²) >= 11 is 0. The van der Waals surface area contributed by atoms with Gasteiger partial charge in [0.05, 0.1) is 6.04 Å². The molecule has 3 nitrogen and oxygen atoms in total. The first-order valence-electron chi connectivity index (χ1n) is 9.22. The number of rotatable bonds is 5. The first kappa shape index (κ1) is 20.0. The molecule has 1 N–H and O–H groups in total. The molecule has 2 rings (SSSR count). The molecule has 0 radical (unpaired) electrons. The largest absolute Gasteiger partial charge is 0.481 e. The van der Waals surface area contributed by atoms with Crippen molar-refractivity contribution in [3.8, 4) is 5.75 Å². The molecule has 0 fully saturated rings. The summed E-state index contributed by atoms with van der Waals surface area (Å²) < 4.78 is 5.82. The summed E-state index contributed by atoms with van der Waals surface area (Å²) in [4.78, 5) is 12.5. The van der Waals surface area contributed by atoms with Gasteiger partial charge in [0.1, 0.15) is 5.75 Å². The third-order valence-corrected chi connectivity index (χ3v) is 4.66. The summed E-state index contributed by atoms with van der Waals surface area (Å²) in [6.07, 6.45) is -0.553. The summed E-state index contributed by atoms with van der Waals surface area (Å²) in [5, 5.41) is 3.06. The van der Waals surface area contributed by atoms with E-state index >= 15 is 0 Å². The van der Waals surface area contributed by atoms with Gasteiger partial charge >= 0.3 is 0 Å². The second-order valence-corrected chi connectivity index (χ2v) is 8.12. The molecule has 2 aromatic rings. The van der Waals surface area contributed by atoms with Crippen LogP contribution in [-0.4, -0.2) is 12.0 Å². The minimum atomic E-state index is -0.553. The van der Waals surface area contributed by atoms with Gasteiger partial charge in [-0.1, -0.05) is 56.7 Å². The van der Waals surface area contributed by atoms with Gasteiger partial charge in [-0.3, -0.25) is 4.79 Å². The molecule has 0 aromatic heterocycles. The topological polar surface area (TPSA) is 38.3 Å². The van der Waals surface area contributed by atoms with Crippen LogP contribution < -0.4 is 10.1 Å². The standard InChI is InChI=1S/C23H31NO2/c1-15-8-9-16(2)21(14-15)17(3)24-22(25)18(4)26-20-12-10-19(11-13-20)23(5,6)7/h8-14,17-18H,1-7H3,(H,24,25)/t17-,18-/m1/s1. The van der Waals surface area contributed by atoms with Crippen LogP contribution in [0.15, 0.2) is 42.5 Å². The van der Waals surface area contributed by atoms with Crippen molar-refractivity contribution in [1.29, 1.82) is 0 Å². The summed E-state index contributed by atoms with van der Waals surface area (Å²) in [5.74, 6) is 0.596. The number of ether oxygens (including phenoxy) is 1. The molecule has 2 aromatic carbocycles. The minimum Gasteiger partial charge on any atom is -0.481 e. The van der Waals surface area contributed by atoms with E-state index in [-0.39, 0.29) is 17.4 Å². The zero-order valence-electron chi connectivity index (χ0n) is 17.0. The van der Waals surface area contributed by atoms with Crippen LogP contribution >= 0.6 is 0 Å². The molecule has 0 aliphatic carbocycles. The van der Waals surface area contributed by atoms with Crippen molar-refractivity contribution < 1.29 is 9.53 Å². The molecule has 3 heteroatoms. The Bertz CT molecular complexity index is 757. The first-order chi connectivity index (χ1) is 12.1. The van der Waals surface area contributed by atoms with Crippen LogP contribution in [0, 0.1) is 13.8 Å². The van der Waals surface area contributed by atoms with Gasteiger partial charge in [-0.25, -0.2) is 0 Å². The Labute approximate surface area is 157 Å². The lowest BCUT2D eigenvalue weighted by Gasteiger charge is -2.22. The molecule has 0 heterocycles. The van der Waals surface area contributed by atoms with E-state index in [0.29, 0.717) is 5.75 Å². The third-order valence-electron chi connectivity index (χ3n) is 4.66. The van der Waals surface area contributed by atoms with Crippen molar-refractivity contribution >= 4 is 5.91 Å². The zero-order valence-corrected chi connectivity index (χ0v) is 17.0. The Morgan fingerprint density at radius 1 is 1.00 bits per heavy atom. The third kappa shape index (κ3) is 5.10. The van der Waals surface area contributed by atoms with E-state index in [1.165, 1.54) is 16.7 Å². The molecule has 1 amide bonds. The van der Waals surface area contributed by atoms with Gasteiger partial charge < -0.3 is 10.1 Å². The number of nitrogens with one attached hydrogen (secondary N) is 1. The fourth-order valence-corrected chi connectivity index (χ4v) is 2.93. The number of carbonyl (C=O) groups is 1. The molecule has 2 atom stereocenters. The zero-order chi connectivity index (χ0) is 19.5. The van der Waals surface area contributed by atoms with Gasteiger partial charge in [-0.2, -0.15) is 0 Å². The number of benzene rings is 2. The molecule has 0 saturated heterocycles. The fourth-order valence-electron chi connectivity index (χ4n) is 2.93. The van der Waals surface area contributed by atoms with Gasteiger partial charge in [-0.05, 0) is 61.9 Å². The van der Waals surface area contributed by atoms with Crippen LogP contribution in [0.3, 0.4) is 0 Å². The Morgan fingerprint density at radius 2 is 1.62 bits per heavy atom. The van der Waals surface area contributed by atoms with Gasteiger partial charge in [0.25, 0.3) is 5.91 Å². The molecule has 140 valence electrons. The molecule has 0 aliphatic rings. The fraction of sp³-hybridized carbons (Fsp3) is 0.435. The highest BCUT2D eigenvalue weighted by Gasteiger charge is 2.19. The maximum absolute atomic E-state index is 12.5. The molecular formula is C23H31NO2. The second kappa shape index (κ2) is 7.94. The smallest absolute Gasteiger partial charge is 0.261 e. The van der Waals surface area contributed by atoms with E-state index in [1.807, 2.05) is 19.1 Å². The SMILES string of the molecule is Cc1ccc(C)c([C@@H](C)NC(=O)[C@@H](C)Oc2ccc(C(C)(C)C)cc2)c1. The summed E-state index contributed by atoms with van der Waals surface area (Å²) in [6.45, 7) is 14.4. The van der Waals surface area contributed by atoms with Crippen LogP contribution in [-0.2, 0) is 10.2 Å². The highest BCUT2D eigenvalue weighted by Crippen LogP contribution is 2.25. The maximum Gasteiger partial charge on any atom is 0.261 e. The minimum absolute atomic E-state index is 0.0586. The maximum atomic E-state index is 12.5. The van der Waals surface area contributed by atoms with Crippen molar-refractivity contribution in [1.82, 2.24) is 5.32 Å². The quantitative estimate of drug-likeness (QED) is 0.798. The Morgan fingerprint density at radius 3 is 2.19 bits per heavy atom. The number of hydrogen-bond donors (Lipinski definition) is 1. The van der Waals surface area contributed by atoms with E-state index in [4.69, 9.17) is 4.74 Å². The number of carbonyl (C=O) groups excluding carboxylic acids is 1. The van der Waals surface area contributed by atoms with Gasteiger partial charge in [-0.15, -0.1) is 0 Å². The predicted molar refractivity (Wildman–Crippen MR) is 108 cm³/mol. The molecule has 0 bridgehead atoms. The predicted octanol–water partition coefficient (Wildman–Crippen LogP) is 5.25. The van der Waals surface area contributed by atoms with E-state index in [0.717, 1.165) is 5.56 Å². The average Bonchev–Trinajstić information content (AvgIpc) is 2.56. The molecule has 0 aliphatic heterocycles. The van der Waals surface area contributed by atoms with E-state index in [1.54, 1.807) is 6.92 Å². The second-order valence-electron chi connectivity index (χ2n) is 8.12. The van der Waals surface area contributed by atoms with Crippen molar-refractivity contribution in [3.05, 3.63) is 64.7 Å². The molecule has 0 saturated carbocycles. The molecule has 0 spiro atoms. The average molecular weight is 354 g/mol. The first-order valence-corrected chi connectivity index (χ1v) is 9.22. The van der Waals surface area contributed by atoms with Gasteiger partial charge in [0.15, 0.2) is 6.10 Å². The summed E-state index contributed by atoms with van der Waals surface area (Å²) in [5.41, 5.74) is 4.85.